The fourth-order valence-electron chi connectivity index (χ4n) is 2.97. The average Bonchev–Trinajstić information content (AvgIpc) is 3.07. The van der Waals surface area contributed by atoms with Crippen LogP contribution in [0, 0.1) is 0 Å². The molecule has 0 radical (unpaired) electrons. The van der Waals surface area contributed by atoms with Crippen molar-refractivity contribution < 1.29 is 19.3 Å². The fraction of sp³-hybridized carbons (Fsp3) is 0.429. The quantitative estimate of drug-likeness (QED) is 0.852. The Morgan fingerprint density at radius 3 is 2.73 bits per heavy atom. The number of urea groups is 1. The lowest BCUT2D eigenvalue weighted by molar-refractivity contribution is -0.0815. The van der Waals surface area contributed by atoms with Crippen molar-refractivity contribution in [1.29, 1.82) is 0 Å². The van der Waals surface area contributed by atoms with Crippen molar-refractivity contribution in [2.45, 2.75) is 31.6 Å². The summed E-state index contributed by atoms with van der Waals surface area (Å²) in [5, 5.41) is 18.3. The fourth-order valence-corrected chi connectivity index (χ4v) is 2.97. The minimum absolute atomic E-state index is 0.352. The first-order chi connectivity index (χ1) is 10.5. The van der Waals surface area contributed by atoms with Crippen molar-refractivity contribution in [2.24, 2.45) is 4.99 Å². The van der Waals surface area contributed by atoms with Gasteiger partial charge in [-0.05, 0) is 30.2 Å². The topological polar surface area (TPSA) is 101 Å². The number of aliphatic hydroxyl groups excluding tert-OH is 1. The van der Waals surface area contributed by atoms with Crippen LogP contribution < -0.4 is 4.74 Å². The lowest BCUT2D eigenvalue weighted by Crippen LogP contribution is -2.53. The number of benzene rings is 1. The van der Waals surface area contributed by atoms with E-state index in [1.807, 2.05) is 0 Å². The summed E-state index contributed by atoms with van der Waals surface area (Å²) in [5.41, 5.74) is 0.931. The van der Waals surface area contributed by atoms with Crippen LogP contribution in [-0.4, -0.2) is 50.8 Å². The molecule has 4 rings (SSSR count). The summed E-state index contributed by atoms with van der Waals surface area (Å²) in [6.45, 7) is 3.91. The summed E-state index contributed by atoms with van der Waals surface area (Å²) < 4.78 is 10.6. The Morgan fingerprint density at radius 1 is 1.32 bits per heavy atom. The van der Waals surface area contributed by atoms with Gasteiger partial charge in [-0.1, -0.05) is 0 Å². The van der Waals surface area contributed by atoms with E-state index in [1.165, 1.54) is 11.1 Å². The molecule has 0 saturated carbocycles. The highest BCUT2D eigenvalue weighted by Gasteiger charge is 2.47. The van der Waals surface area contributed by atoms with Crippen molar-refractivity contribution in [3.05, 3.63) is 17.7 Å². The van der Waals surface area contributed by atoms with Crippen molar-refractivity contribution in [1.82, 2.24) is 15.2 Å². The monoisotopic (exact) mass is 302 g/mol. The Hall–Kier alpha value is -2.48. The molecular formula is C14H14N4O4. The Balaban J connectivity index is 1.90. The van der Waals surface area contributed by atoms with Gasteiger partial charge < -0.3 is 14.7 Å². The molecule has 0 fully saturated rings. The third-order valence-corrected chi connectivity index (χ3v) is 4.15. The maximum atomic E-state index is 12.0. The summed E-state index contributed by atoms with van der Waals surface area (Å²) in [6.07, 6.45) is 0.635. The van der Waals surface area contributed by atoms with Gasteiger partial charge in [-0.3, -0.25) is 0 Å². The molecule has 1 N–H and O–H groups in total. The van der Waals surface area contributed by atoms with Crippen LogP contribution in [0.2, 0.25) is 0 Å². The summed E-state index contributed by atoms with van der Waals surface area (Å²) in [4.78, 5) is 17.3. The highest BCUT2D eigenvalue weighted by Crippen LogP contribution is 2.44. The number of aliphatic imine (C=N–C) groups is 1. The number of carbonyl (C=O) groups excluding carboxylic acids is 1. The molecule has 0 spiro atoms. The van der Waals surface area contributed by atoms with Gasteiger partial charge in [-0.25, -0.2) is 14.4 Å². The highest BCUT2D eigenvalue weighted by molar-refractivity contribution is 5.91. The highest BCUT2D eigenvalue weighted by atomic mass is 16.6. The third kappa shape index (κ3) is 1.73. The number of aromatic nitrogens is 2. The normalized spacial score (nSPS) is 26.3. The second-order valence-electron chi connectivity index (χ2n) is 5.98. The lowest BCUT2D eigenvalue weighted by atomic mass is 9.85. The molecule has 0 saturated heterocycles. The molecule has 3 heterocycles. The molecule has 0 bridgehead atoms. The maximum absolute atomic E-state index is 12.0. The number of rotatable bonds is 1. The Bertz CT molecular complexity index is 797. The van der Waals surface area contributed by atoms with Gasteiger partial charge in [0.25, 0.3) is 0 Å². The van der Waals surface area contributed by atoms with Crippen LogP contribution >= 0.6 is 0 Å². The Morgan fingerprint density at radius 2 is 2.05 bits per heavy atom. The van der Waals surface area contributed by atoms with Gasteiger partial charge >= 0.3 is 6.03 Å². The first-order valence-electron chi connectivity index (χ1n) is 6.94. The van der Waals surface area contributed by atoms with Gasteiger partial charge in [0, 0.05) is 17.8 Å². The molecule has 1 aromatic heterocycles. The molecule has 8 nitrogen and oxygen atoms in total. The van der Waals surface area contributed by atoms with Crippen molar-refractivity contribution in [3.8, 4) is 5.75 Å². The van der Waals surface area contributed by atoms with E-state index in [0.29, 0.717) is 28.9 Å². The number of amides is 2. The van der Waals surface area contributed by atoms with Gasteiger partial charge in [0.2, 0.25) is 0 Å². The molecule has 2 aliphatic heterocycles. The zero-order valence-electron chi connectivity index (χ0n) is 12.1. The molecule has 2 amide bonds. The largest absolute Gasteiger partial charge is 0.485 e. The first kappa shape index (κ1) is 13.2. The molecule has 2 aliphatic rings. The molecule has 0 aliphatic carbocycles. The van der Waals surface area contributed by atoms with Crippen LogP contribution in [0.3, 0.4) is 0 Å². The number of hydrogen-bond donors (Lipinski definition) is 1. The first-order valence-corrected chi connectivity index (χ1v) is 6.94. The minimum Gasteiger partial charge on any atom is -0.485 e. The molecular weight excluding hydrogens is 288 g/mol. The van der Waals surface area contributed by atoms with E-state index < -0.39 is 17.7 Å². The van der Waals surface area contributed by atoms with Gasteiger partial charge in [0.05, 0.1) is 12.6 Å². The van der Waals surface area contributed by atoms with E-state index in [4.69, 9.17) is 9.37 Å². The molecule has 22 heavy (non-hydrogen) atoms. The van der Waals surface area contributed by atoms with Crippen molar-refractivity contribution in [2.75, 3.05) is 6.54 Å². The van der Waals surface area contributed by atoms with Crippen LogP contribution in [0.4, 0.5) is 4.79 Å². The number of ether oxygens (including phenoxy) is 1. The third-order valence-electron chi connectivity index (χ3n) is 4.15. The molecule has 8 heteroatoms. The van der Waals surface area contributed by atoms with Gasteiger partial charge in [-0.15, -0.1) is 0 Å². The number of carbonyl (C=O) groups is 1. The number of aliphatic hydroxyl groups is 1. The van der Waals surface area contributed by atoms with E-state index >= 15 is 0 Å². The van der Waals surface area contributed by atoms with Gasteiger partial charge in [-0.2, -0.15) is 0 Å². The summed E-state index contributed by atoms with van der Waals surface area (Å²) in [7, 11) is 0. The second-order valence-corrected chi connectivity index (χ2v) is 5.98. The predicted octanol–water partition coefficient (Wildman–Crippen LogP) is 1.30. The van der Waals surface area contributed by atoms with Gasteiger partial charge in [0.15, 0.2) is 0 Å². The lowest BCUT2D eigenvalue weighted by Gasteiger charge is -2.44. The number of fused-ring (bicyclic) bond motifs is 2. The zero-order valence-corrected chi connectivity index (χ0v) is 12.1. The van der Waals surface area contributed by atoms with E-state index in [-0.39, 0.29) is 6.03 Å². The van der Waals surface area contributed by atoms with Gasteiger partial charge in [0.1, 0.15) is 28.5 Å². The summed E-state index contributed by atoms with van der Waals surface area (Å²) in [5.74, 6) is 0.559. The predicted molar refractivity (Wildman–Crippen MR) is 75.9 cm³/mol. The molecule has 2 unspecified atom stereocenters. The Labute approximate surface area is 125 Å². The van der Waals surface area contributed by atoms with E-state index in [2.05, 4.69) is 15.3 Å². The maximum Gasteiger partial charge on any atom is 0.344 e. The van der Waals surface area contributed by atoms with Crippen LogP contribution in [0.25, 0.3) is 11.0 Å². The van der Waals surface area contributed by atoms with Crippen LogP contribution in [0.5, 0.6) is 5.75 Å². The molecule has 2 atom stereocenters. The molecule has 114 valence electrons. The van der Waals surface area contributed by atoms with Crippen molar-refractivity contribution >= 4 is 23.3 Å². The second kappa shape index (κ2) is 4.26. The molecule has 1 aromatic carbocycles. The van der Waals surface area contributed by atoms with E-state index in [9.17, 15) is 9.90 Å². The van der Waals surface area contributed by atoms with Crippen molar-refractivity contribution in [3.63, 3.8) is 0 Å². The SMILES string of the molecule is CC1(C)Oc2cc3nonc3cc2C(N2CC=NC2=O)C1O. The van der Waals surface area contributed by atoms with E-state index in [0.717, 1.165) is 0 Å². The minimum atomic E-state index is -0.900. The van der Waals surface area contributed by atoms with Crippen LogP contribution in [0.15, 0.2) is 21.8 Å². The van der Waals surface area contributed by atoms with Crippen LogP contribution in [0.1, 0.15) is 25.5 Å². The summed E-state index contributed by atoms with van der Waals surface area (Å²) >= 11 is 0. The molecule has 2 aromatic rings. The van der Waals surface area contributed by atoms with Crippen LogP contribution in [-0.2, 0) is 0 Å². The summed E-state index contributed by atoms with van der Waals surface area (Å²) in [6, 6.07) is 2.51. The number of hydrogen-bond acceptors (Lipinski definition) is 6. The standard InChI is InChI=1S/C14H14N4O4/c1-14(2)12(19)11(18-4-3-15-13(18)20)7-5-8-9(17-22-16-8)6-10(7)21-14/h3,5-6,11-12,19H,4H2,1-2H3. The van der Waals surface area contributed by atoms with E-state index in [1.54, 1.807) is 26.0 Å². The number of nitrogens with zero attached hydrogens (tertiary/aromatic N) is 4. The average molecular weight is 302 g/mol. The smallest absolute Gasteiger partial charge is 0.344 e. The Kier molecular flexibility index (Phi) is 2.56. The zero-order chi connectivity index (χ0) is 15.5.